The zero-order chi connectivity index (χ0) is 12.2. The second-order valence-corrected chi connectivity index (χ2v) is 6.21. The highest BCUT2D eigenvalue weighted by molar-refractivity contribution is 7.67. The Morgan fingerprint density at radius 3 is 2.44 bits per heavy atom. The SMILES string of the molecule is COP(=O)(CC(C)C(=O)O)c1ccccc1. The van der Waals surface area contributed by atoms with Gasteiger partial charge in [-0.1, -0.05) is 25.1 Å². The van der Waals surface area contributed by atoms with Crippen molar-refractivity contribution in [2.45, 2.75) is 6.92 Å². The van der Waals surface area contributed by atoms with E-state index in [-0.39, 0.29) is 6.16 Å². The first-order chi connectivity index (χ1) is 7.49. The first-order valence-electron chi connectivity index (χ1n) is 4.93. The molecule has 0 aliphatic rings. The van der Waals surface area contributed by atoms with Gasteiger partial charge in [0.1, 0.15) is 0 Å². The summed E-state index contributed by atoms with van der Waals surface area (Å²) >= 11 is 0. The molecule has 16 heavy (non-hydrogen) atoms. The Hall–Kier alpha value is -1.12. The molecule has 5 heteroatoms. The Labute approximate surface area is 94.7 Å². The lowest BCUT2D eigenvalue weighted by Crippen LogP contribution is -2.19. The summed E-state index contributed by atoms with van der Waals surface area (Å²) in [5.74, 6) is -1.65. The monoisotopic (exact) mass is 242 g/mol. The van der Waals surface area contributed by atoms with Gasteiger partial charge < -0.3 is 9.63 Å². The molecule has 4 nitrogen and oxygen atoms in total. The summed E-state index contributed by atoms with van der Waals surface area (Å²) in [7, 11) is -1.69. The van der Waals surface area contributed by atoms with Crippen molar-refractivity contribution in [2.24, 2.45) is 5.92 Å². The zero-order valence-corrected chi connectivity index (χ0v) is 10.2. The molecule has 0 amide bonds. The van der Waals surface area contributed by atoms with E-state index >= 15 is 0 Å². The van der Waals surface area contributed by atoms with Gasteiger partial charge >= 0.3 is 5.97 Å². The Morgan fingerprint density at radius 1 is 1.44 bits per heavy atom. The van der Waals surface area contributed by atoms with E-state index < -0.39 is 19.3 Å². The highest BCUT2D eigenvalue weighted by Crippen LogP contribution is 2.46. The Morgan fingerprint density at radius 2 is 2.00 bits per heavy atom. The smallest absolute Gasteiger partial charge is 0.306 e. The highest BCUT2D eigenvalue weighted by Gasteiger charge is 2.29. The Balaban J connectivity index is 2.95. The molecule has 0 heterocycles. The van der Waals surface area contributed by atoms with E-state index in [0.717, 1.165) is 0 Å². The molecule has 2 atom stereocenters. The molecule has 1 aromatic carbocycles. The molecule has 0 bridgehead atoms. The molecule has 0 aliphatic heterocycles. The molecule has 2 unspecified atom stereocenters. The number of carbonyl (C=O) groups is 1. The van der Waals surface area contributed by atoms with Crippen LogP contribution in [-0.4, -0.2) is 24.3 Å². The lowest BCUT2D eigenvalue weighted by molar-refractivity contribution is -0.140. The molecule has 0 aliphatic carbocycles. The van der Waals surface area contributed by atoms with Gasteiger partial charge in [0.05, 0.1) is 5.92 Å². The minimum absolute atomic E-state index is 0.0167. The fourth-order valence-electron chi connectivity index (χ4n) is 1.38. The lowest BCUT2D eigenvalue weighted by Gasteiger charge is -2.18. The summed E-state index contributed by atoms with van der Waals surface area (Å²) in [6.45, 7) is 1.52. The number of carboxylic acid groups (broad SMARTS) is 1. The van der Waals surface area contributed by atoms with Gasteiger partial charge in [0, 0.05) is 18.6 Å². The quantitative estimate of drug-likeness (QED) is 0.801. The number of hydrogen-bond acceptors (Lipinski definition) is 3. The van der Waals surface area contributed by atoms with Crippen LogP contribution in [0.2, 0.25) is 0 Å². The largest absolute Gasteiger partial charge is 0.481 e. The number of hydrogen-bond donors (Lipinski definition) is 1. The lowest BCUT2D eigenvalue weighted by atomic mass is 10.2. The number of benzene rings is 1. The normalized spacial score (nSPS) is 16.4. The molecule has 0 saturated heterocycles. The Bertz CT molecular complexity index is 402. The van der Waals surface area contributed by atoms with Crippen LogP contribution >= 0.6 is 7.37 Å². The van der Waals surface area contributed by atoms with Crippen LogP contribution in [0.25, 0.3) is 0 Å². The van der Waals surface area contributed by atoms with Gasteiger partial charge in [-0.2, -0.15) is 0 Å². The van der Waals surface area contributed by atoms with Gasteiger partial charge in [0.2, 0.25) is 7.37 Å². The first kappa shape index (κ1) is 12.9. The highest BCUT2D eigenvalue weighted by atomic mass is 31.2. The maximum Gasteiger partial charge on any atom is 0.306 e. The van der Waals surface area contributed by atoms with Crippen molar-refractivity contribution in [3.8, 4) is 0 Å². The topological polar surface area (TPSA) is 63.6 Å². The minimum atomic E-state index is -3.04. The van der Waals surface area contributed by atoms with E-state index in [1.165, 1.54) is 14.0 Å². The molecule has 1 N–H and O–H groups in total. The average Bonchev–Trinajstić information content (AvgIpc) is 2.29. The van der Waals surface area contributed by atoms with E-state index in [4.69, 9.17) is 9.63 Å². The van der Waals surface area contributed by atoms with E-state index in [2.05, 4.69) is 0 Å². The predicted octanol–water partition coefficient (Wildman–Crippen LogP) is 1.96. The van der Waals surface area contributed by atoms with E-state index in [1.807, 2.05) is 6.07 Å². The molecular weight excluding hydrogens is 227 g/mol. The second-order valence-electron chi connectivity index (χ2n) is 3.61. The summed E-state index contributed by atoms with van der Waals surface area (Å²) in [5, 5.41) is 9.37. The second kappa shape index (κ2) is 5.28. The summed E-state index contributed by atoms with van der Waals surface area (Å²) in [6, 6.07) is 8.71. The van der Waals surface area contributed by atoms with Crippen molar-refractivity contribution in [2.75, 3.05) is 13.3 Å². The molecule has 1 aromatic rings. The van der Waals surface area contributed by atoms with Crippen molar-refractivity contribution >= 4 is 18.6 Å². The van der Waals surface area contributed by atoms with Gasteiger partial charge in [-0.25, -0.2) is 0 Å². The van der Waals surface area contributed by atoms with Gasteiger partial charge in [0.15, 0.2) is 0 Å². The summed E-state index contributed by atoms with van der Waals surface area (Å²) in [6.07, 6.45) is 0.0167. The third-order valence-electron chi connectivity index (χ3n) is 2.38. The zero-order valence-electron chi connectivity index (χ0n) is 9.29. The van der Waals surface area contributed by atoms with Gasteiger partial charge in [-0.3, -0.25) is 9.36 Å². The number of aliphatic carboxylic acids is 1. The summed E-state index contributed by atoms with van der Waals surface area (Å²) in [5.41, 5.74) is 0. The van der Waals surface area contributed by atoms with Crippen molar-refractivity contribution < 1.29 is 19.0 Å². The van der Waals surface area contributed by atoms with Crippen LogP contribution in [0.1, 0.15) is 6.92 Å². The molecule has 0 fully saturated rings. The van der Waals surface area contributed by atoms with Crippen molar-refractivity contribution in [1.29, 1.82) is 0 Å². The molecule has 0 radical (unpaired) electrons. The Kier molecular flexibility index (Phi) is 4.27. The third kappa shape index (κ3) is 2.94. The van der Waals surface area contributed by atoms with Crippen LogP contribution in [0.3, 0.4) is 0 Å². The van der Waals surface area contributed by atoms with Gasteiger partial charge in [-0.05, 0) is 12.1 Å². The molecule has 1 rings (SSSR count). The summed E-state index contributed by atoms with van der Waals surface area (Å²) in [4.78, 5) is 10.7. The molecule has 0 saturated carbocycles. The van der Waals surface area contributed by atoms with E-state index in [1.54, 1.807) is 24.3 Å². The standard InChI is InChI=1S/C11H15O4P/c1-9(11(12)13)8-16(14,15-2)10-6-4-3-5-7-10/h3-7,9H,8H2,1-2H3,(H,12,13). The maximum atomic E-state index is 12.4. The molecular formula is C11H15O4P. The average molecular weight is 242 g/mol. The fraction of sp³-hybridized carbons (Fsp3) is 0.364. The first-order valence-corrected chi connectivity index (χ1v) is 6.74. The number of carboxylic acids is 1. The fourth-order valence-corrected chi connectivity index (χ4v) is 3.45. The van der Waals surface area contributed by atoms with Crippen LogP contribution in [-0.2, 0) is 13.9 Å². The van der Waals surface area contributed by atoms with Gasteiger partial charge in [-0.15, -0.1) is 0 Å². The van der Waals surface area contributed by atoms with Crippen molar-refractivity contribution in [3.05, 3.63) is 30.3 Å². The molecule has 0 spiro atoms. The van der Waals surface area contributed by atoms with Gasteiger partial charge in [0.25, 0.3) is 0 Å². The number of rotatable bonds is 5. The maximum absolute atomic E-state index is 12.4. The minimum Gasteiger partial charge on any atom is -0.481 e. The van der Waals surface area contributed by atoms with Crippen LogP contribution in [0.4, 0.5) is 0 Å². The van der Waals surface area contributed by atoms with Crippen molar-refractivity contribution in [3.63, 3.8) is 0 Å². The molecule has 0 aromatic heterocycles. The van der Waals surface area contributed by atoms with E-state index in [0.29, 0.717) is 5.30 Å². The van der Waals surface area contributed by atoms with E-state index in [9.17, 15) is 9.36 Å². The third-order valence-corrected chi connectivity index (χ3v) is 5.08. The van der Waals surface area contributed by atoms with Crippen molar-refractivity contribution in [1.82, 2.24) is 0 Å². The van der Waals surface area contributed by atoms with Crippen LogP contribution < -0.4 is 5.30 Å². The summed E-state index contributed by atoms with van der Waals surface area (Å²) < 4.78 is 17.4. The van der Waals surface area contributed by atoms with Crippen LogP contribution in [0, 0.1) is 5.92 Å². The molecule has 88 valence electrons. The predicted molar refractivity (Wildman–Crippen MR) is 62.4 cm³/mol. The van der Waals surface area contributed by atoms with Crippen LogP contribution in [0.5, 0.6) is 0 Å². The van der Waals surface area contributed by atoms with Crippen LogP contribution in [0.15, 0.2) is 30.3 Å².